The fourth-order valence-electron chi connectivity index (χ4n) is 10.9. The third-order valence-corrected chi connectivity index (χ3v) is 20.8. The van der Waals surface area contributed by atoms with Gasteiger partial charge in [0.1, 0.15) is 47.8 Å². The number of carboxylic acid groups (broad SMARTS) is 2. The van der Waals surface area contributed by atoms with Crippen molar-refractivity contribution in [1.82, 2.24) is 69.1 Å². The van der Waals surface area contributed by atoms with Crippen LogP contribution in [0.4, 0.5) is 4.79 Å². The maximum absolute atomic E-state index is 14.0. The zero-order chi connectivity index (χ0) is 82.0. The highest BCUT2D eigenvalue weighted by Crippen LogP contribution is 2.33. The van der Waals surface area contributed by atoms with Gasteiger partial charge in [-0.2, -0.15) is 11.8 Å². The number of rotatable bonds is 48. The molecule has 10 atom stereocenters. The van der Waals surface area contributed by atoms with Crippen molar-refractivity contribution < 1.29 is 111 Å². The highest BCUT2D eigenvalue weighted by Gasteiger charge is 2.43. The first-order valence-electron chi connectivity index (χ1n) is 36.9. The van der Waals surface area contributed by atoms with Crippen LogP contribution in [-0.4, -0.2) is 286 Å². The molecular weight excluding hydrogens is 1520 g/mol. The van der Waals surface area contributed by atoms with Crippen LogP contribution in [0.5, 0.6) is 0 Å². The number of hydrogen-bond acceptors (Lipinski definition) is 26. The van der Waals surface area contributed by atoms with E-state index >= 15 is 0 Å². The van der Waals surface area contributed by atoms with Crippen LogP contribution in [0.25, 0.3) is 0 Å². The Morgan fingerprint density at radius 2 is 1.06 bits per heavy atom. The number of aliphatic imine (C=N–C) groups is 1. The number of urea groups is 1. The molecule has 0 bridgehead atoms. The molecule has 0 aliphatic carbocycles. The van der Waals surface area contributed by atoms with E-state index < -0.39 is 145 Å². The van der Waals surface area contributed by atoms with Gasteiger partial charge in [-0.1, -0.05) is 41.9 Å². The normalized spacial score (nSPS) is 21.4. The quantitative estimate of drug-likeness (QED) is 0.00889. The number of unbranched alkanes of at least 4 members (excludes halogenated alkanes) is 2. The number of carbonyl (C=O) groups excluding carboxylic acids is 15. The second-order valence-corrected chi connectivity index (χ2v) is 30.3. The second-order valence-electron chi connectivity index (χ2n) is 26.5. The molecule has 23 N–H and O–H groups in total. The number of ketones is 2. The summed E-state index contributed by atoms with van der Waals surface area (Å²) in [5.41, 5.74) is 22.4. The molecule has 0 saturated carbocycles. The number of hydrogen-bond donors (Lipinski definition) is 19. The third kappa shape index (κ3) is 43.6. The highest BCUT2D eigenvalue weighted by molar-refractivity contribution is 8.76. The van der Waals surface area contributed by atoms with Gasteiger partial charge in [-0.25, -0.2) is 4.79 Å². The Balaban J connectivity index is 1.32. The summed E-state index contributed by atoms with van der Waals surface area (Å²) in [5.74, 6) is -13.4. The number of aliphatic carboxylic acids is 2. The van der Waals surface area contributed by atoms with E-state index in [0.29, 0.717) is 43.9 Å². The fourth-order valence-corrected chi connectivity index (χ4v) is 14.7. The second kappa shape index (κ2) is 55.7. The number of primary amides is 1. The van der Waals surface area contributed by atoms with Crippen molar-refractivity contribution in [3.05, 3.63) is 0 Å². The zero-order valence-electron chi connectivity index (χ0n) is 62.8. The van der Waals surface area contributed by atoms with Gasteiger partial charge < -0.3 is 121 Å². The number of ether oxygens (including phenoxy) is 4. The van der Waals surface area contributed by atoms with Crippen LogP contribution in [0.1, 0.15) is 136 Å². The smallest absolute Gasteiger partial charge is 0.315 e. The molecular formula is C67H112N18O23S3. The largest absolute Gasteiger partial charge is 0.481 e. The molecule has 3 heterocycles. The Hall–Kier alpha value is -8.69. The van der Waals surface area contributed by atoms with E-state index in [1.807, 2.05) is 11.8 Å². The number of nitrogens with zero attached hydrogens (tertiary/aromatic N) is 1. The van der Waals surface area contributed by atoms with Crippen LogP contribution in [-0.2, 0) is 95.7 Å². The topological polar surface area (TPSA) is 640 Å². The van der Waals surface area contributed by atoms with E-state index in [0.717, 1.165) is 46.6 Å². The number of nitrogens with one attached hydrogen (secondary N) is 13. The lowest BCUT2D eigenvalue weighted by Crippen LogP contribution is -2.60. The lowest BCUT2D eigenvalue weighted by Gasteiger charge is -2.27. The van der Waals surface area contributed by atoms with Crippen molar-refractivity contribution in [2.75, 3.05) is 109 Å². The molecule has 3 aliphatic rings. The number of amides is 14. The van der Waals surface area contributed by atoms with Crippen molar-refractivity contribution in [1.29, 1.82) is 0 Å². The summed E-state index contributed by atoms with van der Waals surface area (Å²) in [4.78, 5) is 221. The summed E-state index contributed by atoms with van der Waals surface area (Å²) in [6, 6.07) is -10.1. The third-order valence-electron chi connectivity index (χ3n) is 16.9. The van der Waals surface area contributed by atoms with Gasteiger partial charge in [-0.3, -0.25) is 81.7 Å². The van der Waals surface area contributed by atoms with Gasteiger partial charge in [0.05, 0.1) is 83.7 Å². The summed E-state index contributed by atoms with van der Waals surface area (Å²) in [7, 11) is 2.03. The first kappa shape index (κ1) is 96.5. The molecule has 0 aromatic heterocycles. The van der Waals surface area contributed by atoms with Gasteiger partial charge in [0, 0.05) is 107 Å². The lowest BCUT2D eigenvalue weighted by molar-refractivity contribution is -0.143. The molecule has 3 fully saturated rings. The van der Waals surface area contributed by atoms with Gasteiger partial charge in [0.25, 0.3) is 0 Å². The molecule has 44 heteroatoms. The Morgan fingerprint density at radius 1 is 0.514 bits per heavy atom. The predicted octanol–water partition coefficient (Wildman–Crippen LogP) is -5.44. The molecule has 0 radical (unpaired) electrons. The molecule has 14 amide bonds. The number of thioether (sulfide) groups is 1. The molecule has 3 saturated heterocycles. The summed E-state index contributed by atoms with van der Waals surface area (Å²) in [6.45, 7) is 3.34. The SMILES string of the molecule is CC(C)[C@H]1NC(=O)[C@@H](CC(=O)O)NC(=O)[C@H](CC(=O)O)NC(=O)CNC(=O)[C@H](CCCN=C(N)N)NC(=O)CNC(=O)[C@H](N)CSSC[C@H](C(=O)NCCOCCOCCCC(=O)CCC(=O)NCCOCCOCCCC(=O)CCC(=O)N[C@@H](CCCCNC(=O)CCCC[C@@H]2SC[C@@H]3NC(=O)N[C@@H]32)C(N)=O)NC1=O. The van der Waals surface area contributed by atoms with Gasteiger partial charge in [-0.05, 0) is 63.7 Å². The van der Waals surface area contributed by atoms with Gasteiger partial charge >= 0.3 is 18.0 Å². The predicted molar refractivity (Wildman–Crippen MR) is 406 cm³/mol. The van der Waals surface area contributed by atoms with E-state index in [4.69, 9.17) is 41.9 Å². The fraction of sp³-hybridized carbons (Fsp3) is 0.731. The number of Topliss-reactive ketones (excluding diaryl/α,β-unsaturated/α-hetero) is 2. The number of nitrogens with two attached hydrogens (primary N) is 4. The Bertz CT molecular complexity index is 3120. The van der Waals surface area contributed by atoms with Crippen molar-refractivity contribution in [3.63, 3.8) is 0 Å². The van der Waals surface area contributed by atoms with E-state index in [1.54, 1.807) is 0 Å². The van der Waals surface area contributed by atoms with Crippen molar-refractivity contribution in [3.8, 4) is 0 Å². The Labute approximate surface area is 655 Å². The molecule has 0 unspecified atom stereocenters. The molecule has 3 rings (SSSR count). The zero-order valence-corrected chi connectivity index (χ0v) is 65.2. The number of carboxylic acids is 2. The Morgan fingerprint density at radius 3 is 1.67 bits per heavy atom. The molecule has 0 aromatic carbocycles. The van der Waals surface area contributed by atoms with Gasteiger partial charge in [0.15, 0.2) is 5.96 Å². The van der Waals surface area contributed by atoms with E-state index in [-0.39, 0.29) is 189 Å². The van der Waals surface area contributed by atoms with Crippen LogP contribution in [0.15, 0.2) is 4.99 Å². The summed E-state index contributed by atoms with van der Waals surface area (Å²) in [5, 5.41) is 52.6. The monoisotopic (exact) mass is 1630 g/mol. The average molecular weight is 1630 g/mol. The molecule has 3 aliphatic heterocycles. The first-order chi connectivity index (χ1) is 52.9. The molecule has 626 valence electrons. The number of fused-ring (bicyclic) bond motifs is 1. The number of guanidine groups is 1. The van der Waals surface area contributed by atoms with Crippen molar-refractivity contribution >= 4 is 140 Å². The lowest BCUT2D eigenvalue weighted by atomic mass is 10.0. The minimum absolute atomic E-state index is 0.0146. The van der Waals surface area contributed by atoms with E-state index in [2.05, 4.69) is 74.1 Å². The maximum atomic E-state index is 14.0. The van der Waals surface area contributed by atoms with Crippen LogP contribution in [0, 0.1) is 5.92 Å². The van der Waals surface area contributed by atoms with Gasteiger partial charge in [-0.15, -0.1) is 0 Å². The summed E-state index contributed by atoms with van der Waals surface area (Å²) >= 11 is 1.84. The van der Waals surface area contributed by atoms with Crippen molar-refractivity contribution in [2.24, 2.45) is 33.8 Å². The molecule has 41 nitrogen and oxygen atoms in total. The van der Waals surface area contributed by atoms with Crippen LogP contribution in [0.2, 0.25) is 0 Å². The van der Waals surface area contributed by atoms with Gasteiger partial charge in [0.2, 0.25) is 70.9 Å². The van der Waals surface area contributed by atoms with E-state index in [9.17, 15) is 91.7 Å². The molecule has 0 aromatic rings. The molecule has 0 spiro atoms. The highest BCUT2D eigenvalue weighted by atomic mass is 33.1. The summed E-state index contributed by atoms with van der Waals surface area (Å²) in [6.07, 6.45) is 3.18. The standard InChI is InChI=1S/C67H112N18O23S3/c1-39(2)57-65(103)82-48(38-111-110-36-42(68)60(98)76-34-53(91)79-44(13-7-21-75-66(70)71)61(99)77-35-54(92)80-45(32-55(93)94)63(101)81-46(33-56(95)96)64(102)84-57)62(100)74-23-27-108-31-29-106-24-8-10-40(86)16-18-51(89)73-22-26-107-30-28-105-25-9-11-41(87)17-19-52(90)78-43(59(69)97)12-5-6-20-72-50(88)15-4-3-14-49-58-47(37-109-49)83-67(104)85-58/h39,42-49,57-58H,3-38,68H2,1-2H3,(H2,69,97)(H,72,88)(H,73,89)(H,74,100)(H,76,98)(H,77,99)(H,78,90)(H,79,91)(H,80,92)(H,81,101)(H,82,103)(H,84,102)(H,93,94)(H,95,96)(H4,70,71,75)(H2,83,85,104)/t42-,43+,44+,45+,46-,47+,48-,49+,57-,58+/m1/s1. The van der Waals surface area contributed by atoms with Crippen LogP contribution >= 0.6 is 33.3 Å². The summed E-state index contributed by atoms with van der Waals surface area (Å²) < 4.78 is 22.2. The number of carbonyl (C=O) groups is 17. The first-order valence-corrected chi connectivity index (χ1v) is 40.4. The molecule has 111 heavy (non-hydrogen) atoms. The maximum Gasteiger partial charge on any atom is 0.315 e. The van der Waals surface area contributed by atoms with Crippen LogP contribution in [0.3, 0.4) is 0 Å². The Kier molecular flexibility index (Phi) is 48.4. The average Bonchev–Trinajstić information content (AvgIpc) is 1.67. The van der Waals surface area contributed by atoms with Crippen molar-refractivity contribution in [2.45, 2.75) is 195 Å². The van der Waals surface area contributed by atoms with Crippen LogP contribution < -0.4 is 92.1 Å². The minimum Gasteiger partial charge on any atom is -0.481 e. The van der Waals surface area contributed by atoms with E-state index in [1.165, 1.54) is 13.8 Å². The minimum atomic E-state index is -1.97.